The van der Waals surface area contributed by atoms with Crippen molar-refractivity contribution in [3.05, 3.63) is 12.0 Å². The third-order valence-corrected chi connectivity index (χ3v) is 1.39. The Morgan fingerprint density at radius 1 is 1.64 bits per heavy atom. The minimum absolute atomic E-state index is 0.615. The average molecular weight is 154 g/mol. The molecule has 0 aromatic carbocycles. The van der Waals surface area contributed by atoms with Crippen molar-refractivity contribution in [2.24, 2.45) is 0 Å². The van der Waals surface area contributed by atoms with Crippen LogP contribution in [0.1, 0.15) is 5.82 Å². The molecule has 1 aromatic heterocycles. The summed E-state index contributed by atoms with van der Waals surface area (Å²) in [4.78, 5) is 7.09. The molecule has 1 rings (SSSR count). The van der Waals surface area contributed by atoms with Gasteiger partial charge in [-0.05, 0) is 4.98 Å². The molecule has 0 aliphatic rings. The number of hydrogen-bond donors (Lipinski definition) is 1. The van der Waals surface area contributed by atoms with Crippen LogP contribution in [0, 0.1) is 6.92 Å². The highest BCUT2D eigenvalue weighted by molar-refractivity contribution is 5.48. The summed E-state index contributed by atoms with van der Waals surface area (Å²) < 4.78 is 5.02. The molecule has 0 radical (unpaired) electrons. The van der Waals surface area contributed by atoms with Gasteiger partial charge in [0.15, 0.2) is 5.69 Å². The second-order valence-corrected chi connectivity index (χ2v) is 2.16. The highest BCUT2D eigenvalue weighted by atomic mass is 16.5. The van der Waals surface area contributed by atoms with E-state index in [9.17, 15) is 0 Å². The number of nitrogens with zero attached hydrogens (tertiary/aromatic N) is 1. The zero-order valence-electron chi connectivity index (χ0n) is 6.93. The van der Waals surface area contributed by atoms with Gasteiger partial charge in [0, 0.05) is 14.0 Å². The number of aromatic nitrogens is 2. The summed E-state index contributed by atoms with van der Waals surface area (Å²) in [5, 5.41) is 2.95. The number of aromatic amines is 1. The van der Waals surface area contributed by atoms with Crippen molar-refractivity contribution in [3.8, 4) is 5.88 Å². The summed E-state index contributed by atoms with van der Waals surface area (Å²) in [7, 11) is 3.42. The van der Waals surface area contributed by atoms with Crippen LogP contribution in [0.2, 0.25) is 0 Å². The predicted octanol–water partition coefficient (Wildman–Crippen LogP) is 0.254. The lowest BCUT2D eigenvalue weighted by molar-refractivity contribution is -0.392. The second-order valence-electron chi connectivity index (χ2n) is 2.16. The van der Waals surface area contributed by atoms with E-state index in [2.05, 4.69) is 15.3 Å². The van der Waals surface area contributed by atoms with E-state index in [4.69, 9.17) is 4.74 Å². The molecule has 60 valence electrons. The molecule has 0 aliphatic heterocycles. The van der Waals surface area contributed by atoms with Crippen LogP contribution >= 0.6 is 0 Å². The minimum Gasteiger partial charge on any atom is -0.461 e. The molecule has 1 aromatic rings. The maximum atomic E-state index is 5.02. The molecule has 0 bridgehead atoms. The average Bonchev–Trinajstić information content (AvgIpc) is 2.04. The second kappa shape index (κ2) is 3.18. The van der Waals surface area contributed by atoms with Crippen LogP contribution in [0.5, 0.6) is 5.88 Å². The lowest BCUT2D eigenvalue weighted by Gasteiger charge is -1.99. The quantitative estimate of drug-likeness (QED) is 0.664. The van der Waals surface area contributed by atoms with Crippen LogP contribution in [0.4, 0.5) is 5.69 Å². The van der Waals surface area contributed by atoms with E-state index >= 15 is 0 Å². The van der Waals surface area contributed by atoms with Crippen LogP contribution in [-0.2, 0) is 0 Å². The third-order valence-electron chi connectivity index (χ3n) is 1.39. The van der Waals surface area contributed by atoms with E-state index in [-0.39, 0.29) is 0 Å². The molecule has 0 saturated carbocycles. The van der Waals surface area contributed by atoms with Crippen LogP contribution in [0.25, 0.3) is 0 Å². The summed E-state index contributed by atoms with van der Waals surface area (Å²) in [6, 6.07) is 0. The Labute approximate surface area is 65.6 Å². The highest BCUT2D eigenvalue weighted by Gasteiger charge is 2.10. The molecule has 0 amide bonds. The number of nitrogens with one attached hydrogen (secondary N) is 2. The summed E-state index contributed by atoms with van der Waals surface area (Å²) in [5.74, 6) is 1.45. The van der Waals surface area contributed by atoms with Crippen LogP contribution in [0.3, 0.4) is 0 Å². The predicted molar refractivity (Wildman–Crippen MR) is 41.6 cm³/mol. The SMILES string of the molecule is CNc1c[nH+]c(C)nc1OC. The Kier molecular flexibility index (Phi) is 2.25. The Morgan fingerprint density at radius 3 is 2.91 bits per heavy atom. The van der Waals surface area contributed by atoms with E-state index in [0.29, 0.717) is 5.88 Å². The first-order chi connectivity index (χ1) is 5.27. The number of rotatable bonds is 2. The van der Waals surface area contributed by atoms with Gasteiger partial charge >= 0.3 is 5.88 Å². The van der Waals surface area contributed by atoms with Crippen molar-refractivity contribution in [1.29, 1.82) is 0 Å². The Bertz CT molecular complexity index is 249. The molecule has 0 unspecified atom stereocenters. The van der Waals surface area contributed by atoms with Crippen LogP contribution < -0.4 is 15.0 Å². The van der Waals surface area contributed by atoms with Crippen LogP contribution in [0.15, 0.2) is 6.20 Å². The molecule has 0 saturated heterocycles. The molecule has 0 atom stereocenters. The lowest BCUT2D eigenvalue weighted by Crippen LogP contribution is -2.12. The van der Waals surface area contributed by atoms with Gasteiger partial charge in [0.05, 0.1) is 7.11 Å². The van der Waals surface area contributed by atoms with Crippen LogP contribution in [-0.4, -0.2) is 19.1 Å². The number of hydrogen-bond acceptors (Lipinski definition) is 3. The summed E-state index contributed by atoms with van der Waals surface area (Å²) in [6.45, 7) is 1.88. The monoisotopic (exact) mass is 154 g/mol. The van der Waals surface area contributed by atoms with Gasteiger partial charge in [-0.2, -0.15) is 0 Å². The Balaban J connectivity index is 3.06. The summed E-state index contributed by atoms with van der Waals surface area (Å²) in [5.41, 5.74) is 0.859. The first-order valence-corrected chi connectivity index (χ1v) is 3.39. The van der Waals surface area contributed by atoms with Gasteiger partial charge in [0.2, 0.25) is 0 Å². The number of aryl methyl sites for hydroxylation is 1. The summed E-state index contributed by atoms with van der Waals surface area (Å²) >= 11 is 0. The van der Waals surface area contributed by atoms with Crippen molar-refractivity contribution in [3.63, 3.8) is 0 Å². The number of H-pyrrole nitrogens is 1. The largest absolute Gasteiger partial charge is 0.461 e. The number of ether oxygens (including phenoxy) is 1. The lowest BCUT2D eigenvalue weighted by atomic mass is 10.5. The number of methoxy groups -OCH3 is 1. The molecule has 4 heteroatoms. The molecule has 11 heavy (non-hydrogen) atoms. The van der Waals surface area contributed by atoms with E-state index in [0.717, 1.165) is 11.5 Å². The molecule has 0 spiro atoms. The van der Waals surface area contributed by atoms with Crippen molar-refractivity contribution < 1.29 is 9.72 Å². The summed E-state index contributed by atoms with van der Waals surface area (Å²) in [6.07, 6.45) is 1.82. The molecular formula is C7H12N3O+. The molecular weight excluding hydrogens is 142 g/mol. The molecule has 0 fully saturated rings. The van der Waals surface area contributed by atoms with Gasteiger partial charge in [-0.25, -0.2) is 4.98 Å². The fourth-order valence-electron chi connectivity index (χ4n) is 0.818. The van der Waals surface area contributed by atoms with E-state index in [1.807, 2.05) is 20.2 Å². The van der Waals surface area contributed by atoms with Gasteiger partial charge in [0.1, 0.15) is 6.20 Å². The Hall–Kier alpha value is -1.32. The maximum Gasteiger partial charge on any atom is 0.355 e. The third kappa shape index (κ3) is 1.58. The smallest absolute Gasteiger partial charge is 0.355 e. The van der Waals surface area contributed by atoms with E-state index in [1.165, 1.54) is 0 Å². The van der Waals surface area contributed by atoms with Gasteiger partial charge in [-0.15, -0.1) is 0 Å². The van der Waals surface area contributed by atoms with Crippen molar-refractivity contribution >= 4 is 5.69 Å². The molecule has 2 N–H and O–H groups in total. The van der Waals surface area contributed by atoms with Crippen molar-refractivity contribution in [2.75, 3.05) is 19.5 Å². The molecule has 0 aliphatic carbocycles. The first-order valence-electron chi connectivity index (χ1n) is 3.39. The fourth-order valence-corrected chi connectivity index (χ4v) is 0.818. The minimum atomic E-state index is 0.615. The zero-order chi connectivity index (χ0) is 8.27. The Morgan fingerprint density at radius 2 is 2.36 bits per heavy atom. The zero-order valence-corrected chi connectivity index (χ0v) is 6.93. The topological polar surface area (TPSA) is 48.3 Å². The van der Waals surface area contributed by atoms with Crippen molar-refractivity contribution in [2.45, 2.75) is 6.92 Å². The van der Waals surface area contributed by atoms with Gasteiger partial charge < -0.3 is 10.1 Å². The van der Waals surface area contributed by atoms with Gasteiger partial charge in [-0.3, -0.25) is 0 Å². The van der Waals surface area contributed by atoms with Gasteiger partial charge in [0.25, 0.3) is 5.82 Å². The first kappa shape index (κ1) is 7.78. The standard InChI is InChI=1S/C7H11N3O/c1-5-9-4-6(8-2)7(10-5)11-3/h4,8H,1-3H3/p+1. The maximum absolute atomic E-state index is 5.02. The normalized spacial score (nSPS) is 9.36. The van der Waals surface area contributed by atoms with E-state index in [1.54, 1.807) is 7.11 Å². The van der Waals surface area contributed by atoms with Gasteiger partial charge in [-0.1, -0.05) is 0 Å². The molecule has 4 nitrogen and oxygen atoms in total. The fraction of sp³-hybridized carbons (Fsp3) is 0.429. The van der Waals surface area contributed by atoms with E-state index < -0.39 is 0 Å². The van der Waals surface area contributed by atoms with Crippen molar-refractivity contribution in [1.82, 2.24) is 4.98 Å². The number of anilines is 1. The molecule has 1 heterocycles. The highest BCUT2D eigenvalue weighted by Crippen LogP contribution is 2.16.